The van der Waals surface area contributed by atoms with E-state index in [4.69, 9.17) is 14.2 Å². The summed E-state index contributed by atoms with van der Waals surface area (Å²) in [6.07, 6.45) is 0.749. The molecule has 2 aliphatic rings. The van der Waals surface area contributed by atoms with Crippen molar-refractivity contribution in [3.05, 3.63) is 47.0 Å². The van der Waals surface area contributed by atoms with Gasteiger partial charge in [0, 0.05) is 5.56 Å². The van der Waals surface area contributed by atoms with Crippen LogP contribution in [0.1, 0.15) is 30.1 Å². The number of methoxy groups -OCH3 is 2. The topological polar surface area (TPSA) is 78.9 Å². The monoisotopic (exact) mass is 330 g/mol. The van der Waals surface area contributed by atoms with Crippen LogP contribution < -0.4 is 0 Å². The standard InChI is InChI=1S/C18H18O6/c1-17-9-10-18(24-17,14(19)11-7-5-4-6-8-11)13(16(21)23-3)12(17)15(20)22-2/h4-8H,9-10H2,1-3H3. The van der Waals surface area contributed by atoms with Gasteiger partial charge in [0.05, 0.1) is 25.4 Å². The van der Waals surface area contributed by atoms with E-state index in [0.29, 0.717) is 18.4 Å². The maximum absolute atomic E-state index is 13.1. The van der Waals surface area contributed by atoms with Crippen molar-refractivity contribution in [3.63, 3.8) is 0 Å². The van der Waals surface area contributed by atoms with E-state index in [2.05, 4.69) is 0 Å². The first kappa shape index (κ1) is 16.4. The molecular weight excluding hydrogens is 312 g/mol. The molecule has 2 aliphatic heterocycles. The number of carbonyl (C=O) groups is 3. The minimum atomic E-state index is -1.51. The van der Waals surface area contributed by atoms with Crippen LogP contribution in [-0.2, 0) is 23.8 Å². The van der Waals surface area contributed by atoms with E-state index in [1.54, 1.807) is 37.3 Å². The van der Waals surface area contributed by atoms with Crippen molar-refractivity contribution in [1.29, 1.82) is 0 Å². The molecule has 2 atom stereocenters. The lowest BCUT2D eigenvalue weighted by Crippen LogP contribution is -2.42. The van der Waals surface area contributed by atoms with Crippen LogP contribution in [-0.4, -0.2) is 43.1 Å². The molecule has 0 N–H and O–H groups in total. The SMILES string of the molecule is COC(=O)C1=C(C(=O)OC)C2(C(=O)c3ccccc3)CCC1(C)O2. The number of benzene rings is 1. The van der Waals surface area contributed by atoms with Crippen molar-refractivity contribution in [3.8, 4) is 0 Å². The summed E-state index contributed by atoms with van der Waals surface area (Å²) in [5, 5.41) is 0. The smallest absolute Gasteiger partial charge is 0.337 e. The van der Waals surface area contributed by atoms with E-state index in [-0.39, 0.29) is 16.9 Å². The van der Waals surface area contributed by atoms with Gasteiger partial charge in [0.1, 0.15) is 5.60 Å². The maximum atomic E-state index is 13.1. The maximum Gasteiger partial charge on any atom is 0.337 e. The molecule has 3 rings (SSSR count). The fourth-order valence-corrected chi connectivity index (χ4v) is 3.60. The molecule has 6 heteroatoms. The third-order valence-corrected chi connectivity index (χ3v) is 4.72. The number of rotatable bonds is 4. The second-order valence-corrected chi connectivity index (χ2v) is 6.09. The van der Waals surface area contributed by atoms with Gasteiger partial charge in [-0.05, 0) is 19.8 Å². The van der Waals surface area contributed by atoms with Gasteiger partial charge in [-0.2, -0.15) is 0 Å². The van der Waals surface area contributed by atoms with E-state index in [0.717, 1.165) is 0 Å². The molecule has 6 nitrogen and oxygen atoms in total. The van der Waals surface area contributed by atoms with E-state index in [9.17, 15) is 14.4 Å². The lowest BCUT2D eigenvalue weighted by molar-refractivity contribution is -0.140. The zero-order valence-corrected chi connectivity index (χ0v) is 13.8. The zero-order chi connectivity index (χ0) is 17.5. The Kier molecular flexibility index (Phi) is 3.80. The van der Waals surface area contributed by atoms with Gasteiger partial charge < -0.3 is 14.2 Å². The van der Waals surface area contributed by atoms with Crippen LogP contribution in [0.15, 0.2) is 41.5 Å². The Morgan fingerprint density at radius 1 is 0.958 bits per heavy atom. The molecule has 0 spiro atoms. The summed E-state index contributed by atoms with van der Waals surface area (Å²) in [5.41, 5.74) is -2.10. The first-order valence-corrected chi connectivity index (χ1v) is 7.61. The van der Waals surface area contributed by atoms with Crippen molar-refractivity contribution in [2.24, 2.45) is 0 Å². The van der Waals surface area contributed by atoms with Crippen LogP contribution in [0.3, 0.4) is 0 Å². The van der Waals surface area contributed by atoms with Crippen molar-refractivity contribution >= 4 is 17.7 Å². The third-order valence-electron chi connectivity index (χ3n) is 4.72. The molecule has 2 unspecified atom stereocenters. The highest BCUT2D eigenvalue weighted by Crippen LogP contribution is 2.55. The van der Waals surface area contributed by atoms with Crippen molar-refractivity contribution in [2.75, 3.05) is 14.2 Å². The molecule has 0 aromatic heterocycles. The highest BCUT2D eigenvalue weighted by atomic mass is 16.6. The summed E-state index contributed by atoms with van der Waals surface area (Å²) >= 11 is 0. The number of ether oxygens (including phenoxy) is 3. The molecule has 0 radical (unpaired) electrons. The number of esters is 2. The van der Waals surface area contributed by atoms with Crippen LogP contribution in [0.25, 0.3) is 0 Å². The van der Waals surface area contributed by atoms with E-state index < -0.39 is 23.1 Å². The molecule has 0 aliphatic carbocycles. The number of hydrogen-bond acceptors (Lipinski definition) is 6. The molecule has 0 amide bonds. The molecule has 24 heavy (non-hydrogen) atoms. The summed E-state index contributed by atoms with van der Waals surface area (Å²) in [6.45, 7) is 1.69. The Hall–Kier alpha value is -2.47. The van der Waals surface area contributed by atoms with Crippen LogP contribution in [0.4, 0.5) is 0 Å². The summed E-state index contributed by atoms with van der Waals surface area (Å²) in [5.74, 6) is -1.78. The summed E-state index contributed by atoms with van der Waals surface area (Å²) < 4.78 is 15.7. The van der Waals surface area contributed by atoms with Gasteiger partial charge in [-0.25, -0.2) is 9.59 Å². The number of ketones is 1. The summed E-state index contributed by atoms with van der Waals surface area (Å²) in [6, 6.07) is 8.56. The lowest BCUT2D eigenvalue weighted by atomic mass is 9.74. The summed E-state index contributed by atoms with van der Waals surface area (Å²) in [4.78, 5) is 37.8. The molecule has 126 valence electrons. The minimum Gasteiger partial charge on any atom is -0.466 e. The Morgan fingerprint density at radius 3 is 2.12 bits per heavy atom. The van der Waals surface area contributed by atoms with Gasteiger partial charge in [-0.3, -0.25) is 4.79 Å². The lowest BCUT2D eigenvalue weighted by Gasteiger charge is -2.26. The minimum absolute atomic E-state index is 0.0422. The fourth-order valence-electron chi connectivity index (χ4n) is 3.60. The predicted molar refractivity (Wildman–Crippen MR) is 83.3 cm³/mol. The Balaban J connectivity index is 2.20. The first-order valence-electron chi connectivity index (χ1n) is 7.61. The third kappa shape index (κ3) is 2.10. The van der Waals surface area contributed by atoms with Gasteiger partial charge in [0.2, 0.25) is 0 Å². The van der Waals surface area contributed by atoms with Crippen LogP contribution in [0.2, 0.25) is 0 Å². The van der Waals surface area contributed by atoms with Crippen molar-refractivity contribution < 1.29 is 28.6 Å². The molecule has 1 fully saturated rings. The molecule has 1 aromatic carbocycles. The van der Waals surface area contributed by atoms with Crippen LogP contribution in [0.5, 0.6) is 0 Å². The van der Waals surface area contributed by atoms with E-state index >= 15 is 0 Å². The van der Waals surface area contributed by atoms with Gasteiger partial charge in [0.15, 0.2) is 11.4 Å². The Labute approximate surface area is 139 Å². The fraction of sp³-hybridized carbons (Fsp3) is 0.389. The van der Waals surface area contributed by atoms with E-state index in [1.807, 2.05) is 0 Å². The second kappa shape index (κ2) is 5.56. The second-order valence-electron chi connectivity index (χ2n) is 6.09. The van der Waals surface area contributed by atoms with Gasteiger partial charge in [0.25, 0.3) is 0 Å². The van der Waals surface area contributed by atoms with Gasteiger partial charge in [-0.15, -0.1) is 0 Å². The average Bonchev–Trinajstić information content (AvgIpc) is 3.10. The number of carbonyl (C=O) groups excluding carboxylic acids is 3. The van der Waals surface area contributed by atoms with Crippen molar-refractivity contribution in [1.82, 2.24) is 0 Å². The summed E-state index contributed by atoms with van der Waals surface area (Å²) in [7, 11) is 2.44. The number of Topliss-reactive ketones (excluding diaryl/α,β-unsaturated/α-hetero) is 1. The quantitative estimate of drug-likeness (QED) is 0.619. The molecular formula is C18H18O6. The number of fused-ring (bicyclic) bond motifs is 2. The van der Waals surface area contributed by atoms with Gasteiger partial charge >= 0.3 is 11.9 Å². The normalized spacial score (nSPS) is 28.0. The molecule has 2 bridgehead atoms. The van der Waals surface area contributed by atoms with Gasteiger partial charge in [-0.1, -0.05) is 30.3 Å². The van der Waals surface area contributed by atoms with Crippen LogP contribution >= 0.6 is 0 Å². The molecule has 1 aromatic rings. The average molecular weight is 330 g/mol. The van der Waals surface area contributed by atoms with Crippen molar-refractivity contribution in [2.45, 2.75) is 31.0 Å². The van der Waals surface area contributed by atoms with E-state index in [1.165, 1.54) is 14.2 Å². The Bertz CT molecular complexity index is 750. The highest BCUT2D eigenvalue weighted by Gasteiger charge is 2.66. The highest BCUT2D eigenvalue weighted by molar-refractivity contribution is 6.16. The zero-order valence-electron chi connectivity index (χ0n) is 13.8. The molecule has 2 heterocycles. The first-order chi connectivity index (χ1) is 11.4. The molecule has 1 saturated heterocycles. The van der Waals surface area contributed by atoms with Crippen LogP contribution in [0, 0.1) is 0 Å². The predicted octanol–water partition coefficient (Wildman–Crippen LogP) is 1.83. The largest absolute Gasteiger partial charge is 0.466 e. The Morgan fingerprint density at radius 2 is 1.54 bits per heavy atom. The molecule has 0 saturated carbocycles. The number of hydrogen-bond donors (Lipinski definition) is 0.